The highest BCUT2D eigenvalue weighted by Crippen LogP contribution is 2.31. The maximum Gasteiger partial charge on any atom is 0.383 e. The predicted octanol–water partition coefficient (Wildman–Crippen LogP) is 2.96. The van der Waals surface area contributed by atoms with Gasteiger partial charge >= 0.3 is 5.97 Å². The minimum atomic E-state index is -0.732. The third-order valence-electron chi connectivity index (χ3n) is 2.73. The quantitative estimate of drug-likeness (QED) is 0.536. The smallest absolute Gasteiger partial charge is 0.383 e. The molecule has 0 saturated heterocycles. The molecule has 21 heavy (non-hydrogen) atoms. The zero-order chi connectivity index (χ0) is 15.0. The van der Waals surface area contributed by atoms with E-state index in [1.165, 1.54) is 10.6 Å². The van der Waals surface area contributed by atoms with Crippen molar-refractivity contribution in [1.82, 2.24) is 19.6 Å². The second-order valence-corrected chi connectivity index (χ2v) is 4.96. The largest absolute Gasteiger partial charge is 0.419 e. The number of aromatic nitrogens is 4. The average molecular weight is 323 g/mol. The molecular weight excluding hydrogens is 315 g/mol. The Bertz CT molecular complexity index is 847. The first-order valence-electron chi connectivity index (χ1n) is 5.91. The van der Waals surface area contributed by atoms with Gasteiger partial charge in [-0.1, -0.05) is 29.3 Å². The number of halogens is 2. The summed E-state index contributed by atoms with van der Waals surface area (Å²) in [7, 11) is 0. The van der Waals surface area contributed by atoms with Crippen molar-refractivity contribution in [1.29, 1.82) is 0 Å². The molecule has 0 bridgehead atoms. The molecule has 0 atom stereocenters. The van der Waals surface area contributed by atoms with Gasteiger partial charge in [-0.2, -0.15) is 4.98 Å². The normalized spacial score (nSPS) is 10.8. The zero-order valence-corrected chi connectivity index (χ0v) is 12.3. The number of nitrogens with zero attached hydrogens (tertiary/aromatic N) is 4. The monoisotopic (exact) mass is 322 g/mol. The van der Waals surface area contributed by atoms with Crippen LogP contribution < -0.4 is 4.74 Å². The first-order chi connectivity index (χ1) is 10.1. The van der Waals surface area contributed by atoms with E-state index in [9.17, 15) is 4.79 Å². The maximum atomic E-state index is 12.1. The third kappa shape index (κ3) is 2.55. The van der Waals surface area contributed by atoms with Crippen LogP contribution in [0.25, 0.3) is 5.78 Å². The standard InChI is InChI=1S/C13H8Cl2N4O2/c1-7-5-6-16-13-17-11(18-19(7)13)12(20)21-9-4-2-3-8(14)10(9)15/h2-6H,1H3. The zero-order valence-electron chi connectivity index (χ0n) is 10.7. The molecule has 2 aromatic heterocycles. The van der Waals surface area contributed by atoms with Gasteiger partial charge in [0.25, 0.3) is 11.6 Å². The Morgan fingerprint density at radius 3 is 2.86 bits per heavy atom. The van der Waals surface area contributed by atoms with Crippen molar-refractivity contribution in [3.8, 4) is 5.75 Å². The van der Waals surface area contributed by atoms with E-state index < -0.39 is 5.97 Å². The van der Waals surface area contributed by atoms with Crippen molar-refractivity contribution in [2.45, 2.75) is 6.92 Å². The Labute approximate surface area is 129 Å². The van der Waals surface area contributed by atoms with Gasteiger partial charge in [-0.3, -0.25) is 0 Å². The highest BCUT2D eigenvalue weighted by atomic mass is 35.5. The van der Waals surface area contributed by atoms with Crippen LogP contribution in [0, 0.1) is 6.92 Å². The lowest BCUT2D eigenvalue weighted by atomic mass is 10.3. The molecule has 0 aliphatic heterocycles. The molecule has 6 nitrogen and oxygen atoms in total. The van der Waals surface area contributed by atoms with Gasteiger partial charge in [-0.25, -0.2) is 14.3 Å². The van der Waals surface area contributed by atoms with E-state index in [-0.39, 0.29) is 16.6 Å². The molecule has 0 aliphatic rings. The van der Waals surface area contributed by atoms with E-state index in [0.717, 1.165) is 5.69 Å². The minimum Gasteiger partial charge on any atom is -0.419 e. The van der Waals surface area contributed by atoms with Crippen molar-refractivity contribution in [2.24, 2.45) is 0 Å². The molecule has 3 rings (SSSR count). The number of esters is 1. The van der Waals surface area contributed by atoms with E-state index in [4.69, 9.17) is 27.9 Å². The molecule has 3 aromatic rings. The summed E-state index contributed by atoms with van der Waals surface area (Å²) < 4.78 is 6.61. The van der Waals surface area contributed by atoms with Gasteiger partial charge in [-0.05, 0) is 25.1 Å². The lowest BCUT2D eigenvalue weighted by molar-refractivity contribution is 0.0722. The van der Waals surface area contributed by atoms with E-state index in [1.807, 2.05) is 6.92 Å². The average Bonchev–Trinajstić information content (AvgIpc) is 2.89. The van der Waals surface area contributed by atoms with Crippen LogP contribution in [0.3, 0.4) is 0 Å². The van der Waals surface area contributed by atoms with Gasteiger partial charge in [0, 0.05) is 11.9 Å². The summed E-state index contributed by atoms with van der Waals surface area (Å²) in [6.45, 7) is 1.83. The van der Waals surface area contributed by atoms with Crippen LogP contribution in [0.2, 0.25) is 10.0 Å². The Kier molecular flexibility index (Phi) is 3.48. The fourth-order valence-corrected chi connectivity index (χ4v) is 2.03. The van der Waals surface area contributed by atoms with Crippen LogP contribution >= 0.6 is 23.2 Å². The molecule has 106 valence electrons. The summed E-state index contributed by atoms with van der Waals surface area (Å²) in [5.41, 5.74) is 0.798. The number of benzene rings is 1. The summed E-state index contributed by atoms with van der Waals surface area (Å²) in [6.07, 6.45) is 1.59. The van der Waals surface area contributed by atoms with Crippen molar-refractivity contribution in [2.75, 3.05) is 0 Å². The molecule has 0 unspecified atom stereocenters. The van der Waals surface area contributed by atoms with Gasteiger partial charge in [0.15, 0.2) is 5.75 Å². The Morgan fingerprint density at radius 1 is 1.29 bits per heavy atom. The van der Waals surface area contributed by atoms with Crippen LogP contribution in [-0.4, -0.2) is 25.6 Å². The van der Waals surface area contributed by atoms with Gasteiger partial charge in [0.05, 0.1) is 5.02 Å². The molecule has 0 aliphatic carbocycles. The van der Waals surface area contributed by atoms with Crippen LogP contribution in [0.5, 0.6) is 5.75 Å². The van der Waals surface area contributed by atoms with E-state index in [2.05, 4.69) is 15.1 Å². The van der Waals surface area contributed by atoms with Gasteiger partial charge in [0.2, 0.25) is 0 Å². The molecule has 0 N–H and O–H groups in total. The Balaban J connectivity index is 1.94. The van der Waals surface area contributed by atoms with Crippen molar-refractivity contribution >= 4 is 34.9 Å². The molecule has 0 radical (unpaired) electrons. The van der Waals surface area contributed by atoms with Gasteiger partial charge in [0.1, 0.15) is 5.02 Å². The molecule has 0 amide bonds. The minimum absolute atomic E-state index is 0.104. The predicted molar refractivity (Wildman–Crippen MR) is 76.9 cm³/mol. The SMILES string of the molecule is Cc1ccnc2nc(C(=O)Oc3cccc(Cl)c3Cl)nn12. The Hall–Kier alpha value is -2.18. The summed E-state index contributed by atoms with van der Waals surface area (Å²) in [5, 5.41) is 4.50. The number of hydrogen-bond donors (Lipinski definition) is 0. The second kappa shape index (κ2) is 5.31. The summed E-state index contributed by atoms with van der Waals surface area (Å²) in [4.78, 5) is 20.1. The summed E-state index contributed by atoms with van der Waals surface area (Å²) in [5.74, 6) is -0.367. The maximum absolute atomic E-state index is 12.1. The first kappa shape index (κ1) is 13.8. The lowest BCUT2D eigenvalue weighted by Crippen LogP contribution is -2.11. The number of carbonyl (C=O) groups excluding carboxylic acids is 1. The Morgan fingerprint density at radius 2 is 2.10 bits per heavy atom. The molecule has 1 aromatic carbocycles. The topological polar surface area (TPSA) is 69.4 Å². The molecule has 0 fully saturated rings. The van der Waals surface area contributed by atoms with Crippen LogP contribution in [0.4, 0.5) is 0 Å². The number of aryl methyl sites for hydroxylation is 1. The van der Waals surface area contributed by atoms with E-state index in [0.29, 0.717) is 10.8 Å². The number of fused-ring (bicyclic) bond motifs is 1. The first-order valence-corrected chi connectivity index (χ1v) is 6.66. The number of rotatable bonds is 2. The second-order valence-electron chi connectivity index (χ2n) is 4.17. The molecule has 0 spiro atoms. The van der Waals surface area contributed by atoms with Crippen molar-refractivity contribution in [3.05, 3.63) is 52.0 Å². The molecular formula is C13H8Cl2N4O2. The van der Waals surface area contributed by atoms with Crippen LogP contribution in [-0.2, 0) is 0 Å². The number of carbonyl (C=O) groups is 1. The van der Waals surface area contributed by atoms with Crippen LogP contribution in [0.15, 0.2) is 30.5 Å². The van der Waals surface area contributed by atoms with Gasteiger partial charge < -0.3 is 4.74 Å². The lowest BCUT2D eigenvalue weighted by Gasteiger charge is -2.04. The fourth-order valence-electron chi connectivity index (χ4n) is 1.70. The van der Waals surface area contributed by atoms with Crippen molar-refractivity contribution < 1.29 is 9.53 Å². The van der Waals surface area contributed by atoms with Gasteiger partial charge in [-0.15, -0.1) is 5.10 Å². The summed E-state index contributed by atoms with van der Waals surface area (Å²) >= 11 is 11.8. The molecule has 2 heterocycles. The number of ether oxygens (including phenoxy) is 1. The van der Waals surface area contributed by atoms with E-state index >= 15 is 0 Å². The molecule has 0 saturated carbocycles. The molecule has 8 heteroatoms. The third-order valence-corrected chi connectivity index (χ3v) is 3.53. The summed E-state index contributed by atoms with van der Waals surface area (Å²) in [6, 6.07) is 6.51. The fraction of sp³-hybridized carbons (Fsp3) is 0.0769. The number of hydrogen-bond acceptors (Lipinski definition) is 5. The highest BCUT2D eigenvalue weighted by Gasteiger charge is 2.18. The van der Waals surface area contributed by atoms with E-state index in [1.54, 1.807) is 24.4 Å². The van der Waals surface area contributed by atoms with Crippen LogP contribution in [0.1, 0.15) is 16.3 Å². The van der Waals surface area contributed by atoms with Crippen molar-refractivity contribution in [3.63, 3.8) is 0 Å². The highest BCUT2D eigenvalue weighted by molar-refractivity contribution is 6.43.